The van der Waals surface area contributed by atoms with Gasteiger partial charge in [0.05, 0.1) is 12.2 Å². The number of nitrogens with two attached hydrogens (primary N) is 1. The van der Waals surface area contributed by atoms with Gasteiger partial charge in [0.2, 0.25) is 0 Å². The van der Waals surface area contributed by atoms with Crippen LogP contribution in [0.4, 0.5) is 10.5 Å². The van der Waals surface area contributed by atoms with Crippen molar-refractivity contribution >= 4 is 11.8 Å². The van der Waals surface area contributed by atoms with Crippen molar-refractivity contribution in [1.82, 2.24) is 5.32 Å². The van der Waals surface area contributed by atoms with E-state index in [1.807, 2.05) is 18.2 Å². The van der Waals surface area contributed by atoms with Gasteiger partial charge < -0.3 is 10.8 Å². The van der Waals surface area contributed by atoms with Crippen LogP contribution in [0.15, 0.2) is 30.3 Å². The van der Waals surface area contributed by atoms with Crippen LogP contribution < -0.4 is 16.0 Å². The molecule has 0 aromatic heterocycles. The molecule has 2 rings (SSSR count). The zero-order chi connectivity index (χ0) is 11.5. The van der Waals surface area contributed by atoms with Gasteiger partial charge >= 0.3 is 6.09 Å². The molecule has 5 nitrogen and oxygen atoms in total. The molecule has 16 heavy (non-hydrogen) atoms. The lowest BCUT2D eigenvalue weighted by atomic mass is 10.2. The lowest BCUT2D eigenvalue weighted by Gasteiger charge is -2.25. The Balaban J connectivity index is 2.21. The van der Waals surface area contributed by atoms with Crippen molar-refractivity contribution in [2.45, 2.75) is 18.6 Å². The second-order valence-corrected chi connectivity index (χ2v) is 3.89. The number of rotatable bonds is 2. The van der Waals surface area contributed by atoms with Crippen LogP contribution in [0.25, 0.3) is 0 Å². The van der Waals surface area contributed by atoms with Crippen LogP contribution in [0.3, 0.4) is 0 Å². The molecular formula is C11H15N3O2. The van der Waals surface area contributed by atoms with Crippen molar-refractivity contribution in [1.29, 1.82) is 0 Å². The van der Waals surface area contributed by atoms with E-state index in [0.29, 0.717) is 18.7 Å². The predicted octanol–water partition coefficient (Wildman–Crippen LogP) is 0.818. The summed E-state index contributed by atoms with van der Waals surface area (Å²) in [5, 5.41) is 12.3. The normalized spacial score (nSPS) is 24.3. The number of carbonyl (C=O) groups is 1. The van der Waals surface area contributed by atoms with Gasteiger partial charge in [0.25, 0.3) is 0 Å². The Morgan fingerprint density at radius 2 is 2.12 bits per heavy atom. The molecule has 0 spiro atoms. The van der Waals surface area contributed by atoms with E-state index >= 15 is 0 Å². The van der Waals surface area contributed by atoms with Crippen molar-refractivity contribution in [2.75, 3.05) is 11.4 Å². The quantitative estimate of drug-likeness (QED) is 0.690. The van der Waals surface area contributed by atoms with Crippen molar-refractivity contribution < 1.29 is 9.90 Å². The summed E-state index contributed by atoms with van der Waals surface area (Å²) in [6, 6.07) is 9.01. The summed E-state index contributed by atoms with van der Waals surface area (Å²) in [6.45, 7) is 0.600. The average molecular weight is 221 g/mol. The van der Waals surface area contributed by atoms with Gasteiger partial charge in [-0.2, -0.15) is 0 Å². The molecule has 0 saturated carbocycles. The number of hydrogen-bond acceptors (Lipinski definition) is 3. The van der Waals surface area contributed by atoms with Crippen LogP contribution in [0.5, 0.6) is 0 Å². The Morgan fingerprint density at radius 3 is 2.62 bits per heavy atom. The van der Waals surface area contributed by atoms with Gasteiger partial charge in [-0.15, -0.1) is 0 Å². The molecule has 86 valence electrons. The second-order valence-electron chi connectivity index (χ2n) is 3.89. The Hall–Kier alpha value is -1.59. The molecule has 1 aromatic carbocycles. The van der Waals surface area contributed by atoms with Crippen LogP contribution in [-0.2, 0) is 0 Å². The molecule has 1 aliphatic rings. The van der Waals surface area contributed by atoms with Crippen LogP contribution in [0.2, 0.25) is 0 Å². The number of hydrogen-bond donors (Lipinski definition) is 3. The molecule has 0 radical (unpaired) electrons. The monoisotopic (exact) mass is 221 g/mol. The van der Waals surface area contributed by atoms with Gasteiger partial charge in [-0.25, -0.2) is 4.79 Å². The SMILES string of the molecule is NC1CC(N(C(=O)O)c2ccccc2)CN1. The number of nitrogens with zero attached hydrogens (tertiary/aromatic N) is 1. The van der Waals surface area contributed by atoms with Crippen molar-refractivity contribution in [3.8, 4) is 0 Å². The lowest BCUT2D eigenvalue weighted by Crippen LogP contribution is -2.40. The molecule has 1 fully saturated rings. The van der Waals surface area contributed by atoms with Crippen LogP contribution in [-0.4, -0.2) is 30.0 Å². The first kappa shape index (κ1) is 10.9. The predicted molar refractivity (Wildman–Crippen MR) is 61.3 cm³/mol. The lowest BCUT2D eigenvalue weighted by molar-refractivity contribution is 0.199. The summed E-state index contributed by atoms with van der Waals surface area (Å²) >= 11 is 0. The van der Waals surface area contributed by atoms with Gasteiger partial charge in [0.1, 0.15) is 0 Å². The van der Waals surface area contributed by atoms with Crippen molar-refractivity contribution in [3.63, 3.8) is 0 Å². The first-order chi connectivity index (χ1) is 7.68. The Kier molecular flexibility index (Phi) is 3.07. The molecule has 1 aromatic rings. The topological polar surface area (TPSA) is 78.6 Å². The van der Waals surface area contributed by atoms with Crippen LogP contribution >= 0.6 is 0 Å². The third-order valence-corrected chi connectivity index (χ3v) is 2.75. The van der Waals surface area contributed by atoms with E-state index in [1.54, 1.807) is 12.1 Å². The number of benzene rings is 1. The molecular weight excluding hydrogens is 206 g/mol. The smallest absolute Gasteiger partial charge is 0.412 e. The number of carboxylic acid groups (broad SMARTS) is 1. The highest BCUT2D eigenvalue weighted by Gasteiger charge is 2.30. The summed E-state index contributed by atoms with van der Waals surface area (Å²) < 4.78 is 0. The van der Waals surface area contributed by atoms with E-state index in [2.05, 4.69) is 5.32 Å². The van der Waals surface area contributed by atoms with E-state index in [1.165, 1.54) is 4.90 Å². The van der Waals surface area contributed by atoms with Gasteiger partial charge in [-0.05, 0) is 18.6 Å². The highest BCUT2D eigenvalue weighted by Crippen LogP contribution is 2.20. The summed E-state index contributed by atoms with van der Waals surface area (Å²) in [5.41, 5.74) is 6.40. The van der Waals surface area contributed by atoms with Gasteiger partial charge in [-0.3, -0.25) is 10.2 Å². The van der Waals surface area contributed by atoms with Crippen molar-refractivity contribution in [3.05, 3.63) is 30.3 Å². The van der Waals surface area contributed by atoms with Gasteiger partial charge in [0.15, 0.2) is 0 Å². The van der Waals surface area contributed by atoms with Gasteiger partial charge in [-0.1, -0.05) is 18.2 Å². The summed E-state index contributed by atoms with van der Waals surface area (Å²) in [7, 11) is 0. The van der Waals surface area contributed by atoms with E-state index in [0.717, 1.165) is 0 Å². The second kappa shape index (κ2) is 4.51. The van der Waals surface area contributed by atoms with Crippen LogP contribution in [0, 0.1) is 0 Å². The fraction of sp³-hybridized carbons (Fsp3) is 0.364. The highest BCUT2D eigenvalue weighted by molar-refractivity contribution is 5.86. The molecule has 0 bridgehead atoms. The zero-order valence-electron chi connectivity index (χ0n) is 8.84. The number of para-hydroxylation sites is 1. The van der Waals surface area contributed by atoms with E-state index in [-0.39, 0.29) is 12.2 Å². The minimum atomic E-state index is -0.938. The van der Waals surface area contributed by atoms with Gasteiger partial charge in [0, 0.05) is 12.2 Å². The molecule has 1 amide bonds. The minimum absolute atomic E-state index is 0.0881. The first-order valence-electron chi connectivity index (χ1n) is 5.24. The molecule has 4 N–H and O–H groups in total. The molecule has 1 heterocycles. The third-order valence-electron chi connectivity index (χ3n) is 2.75. The van der Waals surface area contributed by atoms with Crippen molar-refractivity contribution in [2.24, 2.45) is 5.73 Å². The Labute approximate surface area is 93.9 Å². The fourth-order valence-corrected chi connectivity index (χ4v) is 2.01. The highest BCUT2D eigenvalue weighted by atomic mass is 16.4. The number of anilines is 1. The zero-order valence-corrected chi connectivity index (χ0v) is 8.84. The number of nitrogens with one attached hydrogen (secondary N) is 1. The standard InChI is InChI=1S/C11H15N3O2/c12-10-6-9(7-13-10)14(11(15)16)8-4-2-1-3-5-8/h1-5,9-10,13H,6-7,12H2,(H,15,16). The summed E-state index contributed by atoms with van der Waals surface area (Å²) in [4.78, 5) is 12.6. The fourth-order valence-electron chi connectivity index (χ4n) is 2.01. The maximum Gasteiger partial charge on any atom is 0.412 e. The Bertz CT molecular complexity index is 369. The van der Waals surface area contributed by atoms with E-state index in [9.17, 15) is 9.90 Å². The first-order valence-corrected chi connectivity index (χ1v) is 5.24. The minimum Gasteiger partial charge on any atom is -0.465 e. The van der Waals surface area contributed by atoms with E-state index in [4.69, 9.17) is 5.73 Å². The molecule has 1 aliphatic heterocycles. The summed E-state index contributed by atoms with van der Waals surface area (Å²) in [5.74, 6) is 0. The van der Waals surface area contributed by atoms with E-state index < -0.39 is 6.09 Å². The maximum absolute atomic E-state index is 11.3. The Morgan fingerprint density at radius 1 is 1.44 bits per heavy atom. The maximum atomic E-state index is 11.3. The molecule has 2 atom stereocenters. The molecule has 1 saturated heterocycles. The summed E-state index contributed by atoms with van der Waals surface area (Å²) in [6.07, 6.45) is -0.413. The average Bonchev–Trinajstić information content (AvgIpc) is 2.66. The molecule has 2 unspecified atom stereocenters. The van der Waals surface area contributed by atoms with Crippen LogP contribution in [0.1, 0.15) is 6.42 Å². The molecule has 0 aliphatic carbocycles. The largest absolute Gasteiger partial charge is 0.465 e. The third kappa shape index (κ3) is 2.15. The number of amides is 1. The molecule has 5 heteroatoms.